The molecule has 0 aliphatic carbocycles. The number of benzene rings is 1. The van der Waals surface area contributed by atoms with Crippen LogP contribution >= 0.6 is 0 Å². The number of carbonyl (C=O) groups is 2. The molecule has 0 bridgehead atoms. The van der Waals surface area contributed by atoms with Crippen molar-refractivity contribution in [1.82, 2.24) is 15.4 Å². The third-order valence-corrected chi connectivity index (χ3v) is 2.44. The van der Waals surface area contributed by atoms with E-state index in [0.29, 0.717) is 5.56 Å². The molecule has 1 aromatic heterocycles. The first-order valence-electron chi connectivity index (χ1n) is 4.99. The van der Waals surface area contributed by atoms with E-state index >= 15 is 0 Å². The smallest absolute Gasteiger partial charge is 0.330 e. The van der Waals surface area contributed by atoms with Gasteiger partial charge in [-0.05, 0) is 6.07 Å². The van der Waals surface area contributed by atoms with Crippen LogP contribution in [0.1, 0.15) is 10.4 Å². The highest BCUT2D eigenvalue weighted by Crippen LogP contribution is 2.19. The predicted octanol–water partition coefficient (Wildman–Crippen LogP) is 0.491. The summed E-state index contributed by atoms with van der Waals surface area (Å²) in [5, 5.41) is 0.818. The minimum Gasteiger partial charge on any atom is -0.350 e. The number of fused-ring (bicyclic) bond motifs is 1. The molecule has 1 aromatic carbocycles. The van der Waals surface area contributed by atoms with E-state index < -0.39 is 11.9 Å². The number of primary amides is 1. The number of amides is 3. The zero-order chi connectivity index (χ0) is 12.4. The van der Waals surface area contributed by atoms with Crippen molar-refractivity contribution in [2.45, 2.75) is 0 Å². The minimum absolute atomic E-state index is 0.402. The average molecular weight is 232 g/mol. The second-order valence-corrected chi connectivity index (χ2v) is 3.61. The van der Waals surface area contributed by atoms with Crippen LogP contribution in [0, 0.1) is 0 Å². The summed E-state index contributed by atoms with van der Waals surface area (Å²) in [6, 6.07) is 6.69. The maximum Gasteiger partial charge on any atom is 0.330 e. The largest absolute Gasteiger partial charge is 0.350 e. The Kier molecular flexibility index (Phi) is 2.70. The van der Waals surface area contributed by atoms with E-state index in [-0.39, 0.29) is 0 Å². The van der Waals surface area contributed by atoms with Gasteiger partial charge < -0.3 is 10.3 Å². The number of rotatable bonds is 1. The van der Waals surface area contributed by atoms with Crippen LogP contribution < -0.4 is 16.6 Å². The lowest BCUT2D eigenvalue weighted by Gasteiger charge is -2.02. The lowest BCUT2D eigenvalue weighted by Crippen LogP contribution is -2.44. The van der Waals surface area contributed by atoms with Crippen LogP contribution in [-0.2, 0) is 7.05 Å². The Bertz CT molecular complexity index is 588. The molecule has 0 unspecified atom stereocenters. The van der Waals surface area contributed by atoms with Crippen LogP contribution in [-0.4, -0.2) is 16.5 Å². The van der Waals surface area contributed by atoms with Gasteiger partial charge in [-0.25, -0.2) is 10.2 Å². The molecule has 2 rings (SSSR count). The summed E-state index contributed by atoms with van der Waals surface area (Å²) < 4.78 is 1.84. The predicted molar refractivity (Wildman–Crippen MR) is 63.1 cm³/mol. The van der Waals surface area contributed by atoms with Crippen molar-refractivity contribution >= 4 is 22.8 Å². The number of aromatic nitrogens is 1. The first kappa shape index (κ1) is 11.0. The number of urea groups is 1. The molecule has 0 radical (unpaired) electrons. The van der Waals surface area contributed by atoms with Gasteiger partial charge in [0.05, 0.1) is 5.56 Å². The fourth-order valence-electron chi connectivity index (χ4n) is 1.71. The zero-order valence-corrected chi connectivity index (χ0v) is 9.23. The van der Waals surface area contributed by atoms with Gasteiger partial charge >= 0.3 is 6.03 Å². The Hall–Kier alpha value is -2.50. The maximum atomic E-state index is 11.8. The molecule has 0 saturated heterocycles. The number of nitrogens with two attached hydrogens (primary N) is 1. The SMILES string of the molecule is Cn1cc(C(=O)NNC(N)=O)c2ccccc21. The fourth-order valence-corrected chi connectivity index (χ4v) is 1.71. The molecule has 88 valence electrons. The molecular weight excluding hydrogens is 220 g/mol. The molecule has 0 aliphatic rings. The van der Waals surface area contributed by atoms with Crippen molar-refractivity contribution in [3.05, 3.63) is 36.0 Å². The summed E-state index contributed by atoms with van der Waals surface area (Å²) in [4.78, 5) is 22.3. The van der Waals surface area contributed by atoms with Crippen LogP contribution in [0.25, 0.3) is 10.9 Å². The molecule has 4 N–H and O–H groups in total. The minimum atomic E-state index is -0.807. The number of hydrazine groups is 1. The summed E-state index contributed by atoms with van der Waals surface area (Å²) in [5.41, 5.74) is 10.6. The second-order valence-electron chi connectivity index (χ2n) is 3.61. The van der Waals surface area contributed by atoms with Gasteiger partial charge in [-0.15, -0.1) is 0 Å². The first-order chi connectivity index (χ1) is 8.09. The Labute approximate surface area is 97.4 Å². The van der Waals surface area contributed by atoms with Crippen molar-refractivity contribution in [3.63, 3.8) is 0 Å². The van der Waals surface area contributed by atoms with Crippen LogP contribution in [0.5, 0.6) is 0 Å². The van der Waals surface area contributed by atoms with Gasteiger partial charge in [0.1, 0.15) is 0 Å². The van der Waals surface area contributed by atoms with Gasteiger partial charge in [-0.2, -0.15) is 0 Å². The molecule has 0 fully saturated rings. The summed E-state index contributed by atoms with van der Waals surface area (Å²) in [7, 11) is 1.85. The highest BCUT2D eigenvalue weighted by Gasteiger charge is 2.13. The highest BCUT2D eigenvalue weighted by molar-refractivity contribution is 6.07. The fraction of sp³-hybridized carbons (Fsp3) is 0.0909. The summed E-state index contributed by atoms with van der Waals surface area (Å²) in [6.07, 6.45) is 1.70. The molecular formula is C11H12N4O2. The summed E-state index contributed by atoms with van der Waals surface area (Å²) in [6.45, 7) is 0. The number of hydrogen-bond acceptors (Lipinski definition) is 2. The van der Waals surface area contributed by atoms with E-state index in [0.717, 1.165) is 10.9 Å². The van der Waals surface area contributed by atoms with Gasteiger partial charge in [0.15, 0.2) is 0 Å². The van der Waals surface area contributed by atoms with Crippen LogP contribution in [0.4, 0.5) is 4.79 Å². The molecule has 6 heteroatoms. The van der Waals surface area contributed by atoms with E-state index in [4.69, 9.17) is 5.73 Å². The molecule has 0 spiro atoms. The van der Waals surface area contributed by atoms with E-state index in [1.54, 1.807) is 6.20 Å². The third-order valence-electron chi connectivity index (χ3n) is 2.44. The molecule has 17 heavy (non-hydrogen) atoms. The van der Waals surface area contributed by atoms with Crippen molar-refractivity contribution in [2.24, 2.45) is 12.8 Å². The lowest BCUT2D eigenvalue weighted by atomic mass is 10.2. The Balaban J connectivity index is 2.35. The average Bonchev–Trinajstić information content (AvgIpc) is 2.65. The number of para-hydroxylation sites is 1. The van der Waals surface area contributed by atoms with Gasteiger partial charge in [0.2, 0.25) is 0 Å². The van der Waals surface area contributed by atoms with Crippen LogP contribution in [0.15, 0.2) is 30.5 Å². The van der Waals surface area contributed by atoms with Crippen molar-refractivity contribution in [2.75, 3.05) is 0 Å². The Morgan fingerprint density at radius 1 is 1.24 bits per heavy atom. The van der Waals surface area contributed by atoms with E-state index in [9.17, 15) is 9.59 Å². The van der Waals surface area contributed by atoms with E-state index in [2.05, 4.69) is 5.43 Å². The molecule has 0 saturated carbocycles. The van der Waals surface area contributed by atoms with Crippen LogP contribution in [0.3, 0.4) is 0 Å². The molecule has 0 atom stereocenters. The van der Waals surface area contributed by atoms with Gasteiger partial charge in [-0.1, -0.05) is 18.2 Å². The third kappa shape index (κ3) is 2.05. The van der Waals surface area contributed by atoms with Gasteiger partial charge in [0.25, 0.3) is 5.91 Å². The number of nitrogens with zero attached hydrogens (tertiary/aromatic N) is 1. The Morgan fingerprint density at radius 2 is 1.94 bits per heavy atom. The van der Waals surface area contributed by atoms with E-state index in [1.807, 2.05) is 41.3 Å². The molecule has 0 aliphatic heterocycles. The number of aryl methyl sites for hydroxylation is 1. The highest BCUT2D eigenvalue weighted by atomic mass is 16.2. The summed E-state index contributed by atoms with van der Waals surface area (Å²) >= 11 is 0. The van der Waals surface area contributed by atoms with Crippen molar-refractivity contribution < 1.29 is 9.59 Å². The molecule has 6 nitrogen and oxygen atoms in total. The number of hydrogen-bond donors (Lipinski definition) is 3. The number of nitrogens with one attached hydrogen (secondary N) is 2. The van der Waals surface area contributed by atoms with Crippen molar-refractivity contribution in [1.29, 1.82) is 0 Å². The maximum absolute atomic E-state index is 11.8. The monoisotopic (exact) mass is 232 g/mol. The quantitative estimate of drug-likeness (QED) is 0.625. The van der Waals surface area contributed by atoms with Gasteiger partial charge in [0, 0.05) is 24.1 Å². The summed E-state index contributed by atoms with van der Waals surface area (Å²) in [5.74, 6) is -0.402. The zero-order valence-electron chi connectivity index (χ0n) is 9.23. The normalized spacial score (nSPS) is 10.2. The van der Waals surface area contributed by atoms with Gasteiger partial charge in [-0.3, -0.25) is 10.2 Å². The molecule has 2 aromatic rings. The van der Waals surface area contributed by atoms with E-state index in [1.165, 1.54) is 0 Å². The lowest BCUT2D eigenvalue weighted by molar-refractivity contribution is 0.0939. The molecule has 3 amide bonds. The standard InChI is InChI=1S/C11H12N4O2/c1-15-6-8(10(16)13-14-11(12)17)7-4-2-3-5-9(7)15/h2-6H,1H3,(H,13,16)(H3,12,14,17). The molecule has 1 heterocycles. The van der Waals surface area contributed by atoms with Crippen LogP contribution in [0.2, 0.25) is 0 Å². The second kappa shape index (κ2) is 4.17. The topological polar surface area (TPSA) is 89.2 Å². The number of carbonyl (C=O) groups excluding carboxylic acids is 2. The first-order valence-corrected chi connectivity index (χ1v) is 4.99. The van der Waals surface area contributed by atoms with Crippen molar-refractivity contribution in [3.8, 4) is 0 Å². The Morgan fingerprint density at radius 3 is 2.65 bits per heavy atom.